The zero-order valence-electron chi connectivity index (χ0n) is 19.1. The molecule has 3 heteroatoms. The van der Waals surface area contributed by atoms with Crippen molar-refractivity contribution in [3.05, 3.63) is 53.6 Å². The molecule has 2 spiro atoms. The van der Waals surface area contributed by atoms with Crippen molar-refractivity contribution in [1.29, 1.82) is 0 Å². The highest BCUT2D eigenvalue weighted by molar-refractivity contribution is 6.62. The van der Waals surface area contributed by atoms with Gasteiger partial charge in [0.1, 0.15) is 0 Å². The Kier molecular flexibility index (Phi) is 2.89. The van der Waals surface area contributed by atoms with Crippen molar-refractivity contribution in [1.82, 2.24) is 0 Å². The molecule has 5 aliphatic carbocycles. The van der Waals surface area contributed by atoms with Crippen molar-refractivity contribution < 1.29 is 9.31 Å². The van der Waals surface area contributed by atoms with Gasteiger partial charge in [-0.15, -0.1) is 0 Å². The van der Waals surface area contributed by atoms with Gasteiger partial charge in [0, 0.05) is 5.41 Å². The fourth-order valence-electron chi connectivity index (χ4n) is 9.47. The second-order valence-electron chi connectivity index (χ2n) is 12.5. The second kappa shape index (κ2) is 4.99. The maximum atomic E-state index is 6.41. The predicted molar refractivity (Wildman–Crippen MR) is 123 cm³/mol. The molecule has 2 aromatic carbocycles. The van der Waals surface area contributed by atoms with E-state index in [0.29, 0.717) is 5.41 Å². The lowest BCUT2D eigenvalue weighted by Gasteiger charge is -2.76. The van der Waals surface area contributed by atoms with Gasteiger partial charge in [0.25, 0.3) is 0 Å². The van der Waals surface area contributed by atoms with Crippen LogP contribution in [0.1, 0.15) is 64.5 Å². The van der Waals surface area contributed by atoms with Gasteiger partial charge >= 0.3 is 7.12 Å². The Bertz CT molecular complexity index is 1150. The summed E-state index contributed by atoms with van der Waals surface area (Å²) in [5, 5.41) is 0. The minimum Gasteiger partial charge on any atom is -0.399 e. The molecular weight excluding hydrogens is 379 g/mol. The largest absolute Gasteiger partial charge is 0.494 e. The molecule has 0 aromatic heterocycles. The van der Waals surface area contributed by atoms with Gasteiger partial charge in [0.2, 0.25) is 0 Å². The number of hydrogen-bond donors (Lipinski definition) is 0. The average molecular weight is 410 g/mol. The molecule has 2 nitrogen and oxygen atoms in total. The van der Waals surface area contributed by atoms with Crippen molar-refractivity contribution in [2.75, 3.05) is 0 Å². The third kappa shape index (κ3) is 1.69. The average Bonchev–Trinajstić information content (AvgIpc) is 3.39. The quantitative estimate of drug-likeness (QED) is 0.593. The molecule has 4 saturated carbocycles. The number of rotatable bonds is 1. The maximum Gasteiger partial charge on any atom is 0.494 e. The molecule has 6 aliphatic rings. The third-order valence-corrected chi connectivity index (χ3v) is 11.2. The van der Waals surface area contributed by atoms with Crippen molar-refractivity contribution >= 4 is 12.6 Å². The molecular formula is C28H31BO2. The molecule has 0 amide bonds. The first-order valence-electron chi connectivity index (χ1n) is 12.4. The minimum absolute atomic E-state index is 0.284. The normalized spacial score (nSPS) is 43.4. The highest BCUT2D eigenvalue weighted by atomic mass is 16.7. The van der Waals surface area contributed by atoms with Gasteiger partial charge in [-0.25, -0.2) is 0 Å². The second-order valence-corrected chi connectivity index (χ2v) is 12.5. The summed E-state index contributed by atoms with van der Waals surface area (Å²) in [7, 11) is -0.290. The molecule has 2 aromatic rings. The van der Waals surface area contributed by atoms with Crippen LogP contribution < -0.4 is 5.46 Å². The fourth-order valence-corrected chi connectivity index (χ4v) is 9.47. The maximum absolute atomic E-state index is 6.41. The van der Waals surface area contributed by atoms with Crippen molar-refractivity contribution in [3.63, 3.8) is 0 Å². The lowest BCUT2D eigenvalue weighted by molar-refractivity contribution is -0.231. The Morgan fingerprint density at radius 1 is 0.806 bits per heavy atom. The summed E-state index contributed by atoms with van der Waals surface area (Å²) in [5.41, 5.74) is 7.69. The summed E-state index contributed by atoms with van der Waals surface area (Å²) in [6.45, 7) is 8.56. The third-order valence-electron chi connectivity index (χ3n) is 11.2. The topological polar surface area (TPSA) is 18.5 Å². The Morgan fingerprint density at radius 2 is 1.52 bits per heavy atom. The Labute approximate surface area is 185 Å². The van der Waals surface area contributed by atoms with E-state index in [4.69, 9.17) is 9.31 Å². The Hall–Kier alpha value is -1.58. The van der Waals surface area contributed by atoms with Crippen LogP contribution in [0.3, 0.4) is 0 Å². The fraction of sp³-hybridized carbons (Fsp3) is 0.571. The van der Waals surface area contributed by atoms with E-state index in [0.717, 1.165) is 29.1 Å². The van der Waals surface area contributed by atoms with Crippen LogP contribution >= 0.6 is 0 Å². The van der Waals surface area contributed by atoms with E-state index in [-0.39, 0.29) is 23.7 Å². The van der Waals surface area contributed by atoms with E-state index in [1.807, 2.05) is 0 Å². The van der Waals surface area contributed by atoms with E-state index < -0.39 is 0 Å². The number of benzene rings is 2. The van der Waals surface area contributed by atoms with E-state index >= 15 is 0 Å². The van der Waals surface area contributed by atoms with E-state index in [1.165, 1.54) is 36.8 Å². The first-order valence-corrected chi connectivity index (χ1v) is 12.4. The molecule has 1 saturated heterocycles. The van der Waals surface area contributed by atoms with Crippen LogP contribution in [0.25, 0.3) is 11.1 Å². The van der Waals surface area contributed by atoms with Gasteiger partial charge < -0.3 is 9.31 Å². The SMILES string of the molecule is CC1(C)OB(c2ccc3c(c2)-c2ccccc2C32C3CC4CC5CC2C53C4)OC1(C)C. The summed E-state index contributed by atoms with van der Waals surface area (Å²) >= 11 is 0. The number of fused-ring (bicyclic) bond motifs is 8. The molecule has 0 N–H and O–H groups in total. The summed E-state index contributed by atoms with van der Waals surface area (Å²) in [6.07, 6.45) is 5.97. The number of hydrogen-bond acceptors (Lipinski definition) is 2. The predicted octanol–water partition coefficient (Wildman–Crippen LogP) is 5.32. The minimum atomic E-state index is -0.305. The molecule has 2 bridgehead atoms. The monoisotopic (exact) mass is 410 g/mol. The summed E-state index contributed by atoms with van der Waals surface area (Å²) in [4.78, 5) is 0. The van der Waals surface area contributed by atoms with Crippen LogP contribution in [-0.2, 0) is 14.7 Å². The van der Waals surface area contributed by atoms with Gasteiger partial charge in [0.15, 0.2) is 0 Å². The van der Waals surface area contributed by atoms with Gasteiger partial charge in [-0.2, -0.15) is 0 Å². The Morgan fingerprint density at radius 3 is 2.29 bits per heavy atom. The molecule has 1 heterocycles. The van der Waals surface area contributed by atoms with Gasteiger partial charge in [0.05, 0.1) is 11.2 Å². The van der Waals surface area contributed by atoms with Gasteiger partial charge in [-0.1, -0.05) is 42.5 Å². The van der Waals surface area contributed by atoms with Crippen LogP contribution in [0.4, 0.5) is 0 Å². The van der Waals surface area contributed by atoms with E-state index in [1.54, 1.807) is 11.1 Å². The first-order chi connectivity index (χ1) is 14.8. The zero-order valence-corrected chi connectivity index (χ0v) is 19.1. The van der Waals surface area contributed by atoms with Crippen molar-refractivity contribution in [2.24, 2.45) is 29.1 Å². The molecule has 0 radical (unpaired) electrons. The smallest absolute Gasteiger partial charge is 0.399 e. The van der Waals surface area contributed by atoms with Crippen molar-refractivity contribution in [3.8, 4) is 11.1 Å². The van der Waals surface area contributed by atoms with Crippen LogP contribution in [0, 0.1) is 29.1 Å². The van der Waals surface area contributed by atoms with Gasteiger partial charge in [-0.3, -0.25) is 0 Å². The Balaban J connectivity index is 1.28. The molecule has 31 heavy (non-hydrogen) atoms. The molecule has 5 fully saturated rings. The molecule has 8 rings (SSSR count). The van der Waals surface area contributed by atoms with Crippen LogP contribution in [0.15, 0.2) is 42.5 Å². The molecule has 6 atom stereocenters. The van der Waals surface area contributed by atoms with Crippen LogP contribution in [0.5, 0.6) is 0 Å². The van der Waals surface area contributed by atoms with Gasteiger partial charge in [-0.05, 0) is 110 Å². The highest BCUT2D eigenvalue weighted by Gasteiger charge is 2.84. The molecule has 6 unspecified atom stereocenters. The summed E-state index contributed by atoms with van der Waals surface area (Å²) < 4.78 is 12.8. The summed E-state index contributed by atoms with van der Waals surface area (Å²) in [5.74, 6) is 3.77. The summed E-state index contributed by atoms with van der Waals surface area (Å²) in [6, 6.07) is 16.5. The highest BCUT2D eigenvalue weighted by Crippen LogP contribution is 2.89. The van der Waals surface area contributed by atoms with Crippen molar-refractivity contribution in [2.45, 2.75) is 70.0 Å². The zero-order chi connectivity index (χ0) is 21.0. The molecule has 1 aliphatic heterocycles. The van der Waals surface area contributed by atoms with Crippen LogP contribution in [0.2, 0.25) is 0 Å². The first kappa shape index (κ1) is 17.9. The standard InChI is InChI=1S/C28H31BO2/c1-25(2)26(3,4)31-29(30-25)18-9-10-22-20(14-18)19-7-5-6-8-21(19)28(22)23-12-16-11-17-13-24(28)27(17,23)15-16/h5-10,14,16-17,23-24H,11-13,15H2,1-4H3. The lowest BCUT2D eigenvalue weighted by atomic mass is 9.27. The van der Waals surface area contributed by atoms with E-state index in [9.17, 15) is 0 Å². The lowest BCUT2D eigenvalue weighted by Crippen LogP contribution is -2.73. The van der Waals surface area contributed by atoms with E-state index in [2.05, 4.69) is 70.2 Å². The molecule has 158 valence electrons. The van der Waals surface area contributed by atoms with Crippen LogP contribution in [-0.4, -0.2) is 18.3 Å².